The van der Waals surface area contributed by atoms with Crippen LogP contribution in [0.1, 0.15) is 35.5 Å². The number of rotatable bonds is 5. The second kappa shape index (κ2) is 6.33. The summed E-state index contributed by atoms with van der Waals surface area (Å²) in [7, 11) is 0. The Balaban J connectivity index is 2.98. The number of carboxylic acid groups (broad SMARTS) is 1. The van der Waals surface area contributed by atoms with Crippen molar-refractivity contribution in [2.45, 2.75) is 33.2 Å². The van der Waals surface area contributed by atoms with Crippen LogP contribution in [0.15, 0.2) is 9.85 Å². The average molecular weight is 334 g/mol. The van der Waals surface area contributed by atoms with Crippen LogP contribution in [-0.2, 0) is 4.79 Å². The molecule has 1 aromatic rings. The van der Waals surface area contributed by atoms with Crippen molar-refractivity contribution in [2.24, 2.45) is 0 Å². The second-order valence-electron chi connectivity index (χ2n) is 4.15. The molecule has 1 rings (SSSR count). The van der Waals surface area contributed by atoms with Gasteiger partial charge in [0.05, 0.1) is 8.66 Å². The molecule has 0 aliphatic carbocycles. The lowest BCUT2D eigenvalue weighted by atomic mass is 10.2. The van der Waals surface area contributed by atoms with Crippen LogP contribution in [-0.4, -0.2) is 34.5 Å². The molecule has 0 aliphatic rings. The molecule has 0 bridgehead atoms. The van der Waals surface area contributed by atoms with E-state index in [4.69, 9.17) is 5.11 Å². The first-order valence-electron chi connectivity index (χ1n) is 5.65. The highest BCUT2D eigenvalue weighted by atomic mass is 79.9. The molecule has 1 amide bonds. The molecule has 1 aromatic heterocycles. The number of thiophene rings is 1. The summed E-state index contributed by atoms with van der Waals surface area (Å²) in [5, 5.41) is 8.88. The van der Waals surface area contributed by atoms with Crippen molar-refractivity contribution in [2.75, 3.05) is 6.54 Å². The van der Waals surface area contributed by atoms with E-state index in [1.165, 1.54) is 16.2 Å². The van der Waals surface area contributed by atoms with Crippen molar-refractivity contribution in [3.05, 3.63) is 20.3 Å². The normalized spacial score (nSPS) is 12.2. The van der Waals surface area contributed by atoms with Crippen LogP contribution in [0, 0.1) is 6.92 Å². The molecule has 6 heteroatoms. The molecule has 1 N–H and O–H groups in total. The molecule has 0 spiro atoms. The number of hydrogen-bond acceptors (Lipinski definition) is 3. The summed E-state index contributed by atoms with van der Waals surface area (Å²) in [5.74, 6) is -1.21. The number of hydrogen-bond donors (Lipinski definition) is 1. The van der Waals surface area contributed by atoms with Gasteiger partial charge in [-0.1, -0.05) is 6.92 Å². The molecular weight excluding hydrogens is 318 g/mol. The van der Waals surface area contributed by atoms with E-state index in [0.29, 0.717) is 4.88 Å². The predicted molar refractivity (Wildman–Crippen MR) is 75.2 cm³/mol. The van der Waals surface area contributed by atoms with Crippen molar-refractivity contribution in [3.8, 4) is 0 Å². The van der Waals surface area contributed by atoms with Crippen molar-refractivity contribution in [1.82, 2.24) is 4.90 Å². The largest absolute Gasteiger partial charge is 0.480 e. The Hall–Kier alpha value is -0.880. The van der Waals surface area contributed by atoms with Gasteiger partial charge in [0.1, 0.15) is 6.54 Å². The van der Waals surface area contributed by atoms with Gasteiger partial charge in [0.15, 0.2) is 0 Å². The zero-order valence-corrected chi connectivity index (χ0v) is 13.0. The van der Waals surface area contributed by atoms with Crippen molar-refractivity contribution in [1.29, 1.82) is 0 Å². The van der Waals surface area contributed by atoms with Gasteiger partial charge >= 0.3 is 5.97 Å². The maximum Gasteiger partial charge on any atom is 0.323 e. The quantitative estimate of drug-likeness (QED) is 0.900. The fourth-order valence-electron chi connectivity index (χ4n) is 1.50. The van der Waals surface area contributed by atoms with E-state index in [-0.39, 0.29) is 18.5 Å². The third-order valence-corrected chi connectivity index (χ3v) is 4.88. The van der Waals surface area contributed by atoms with Gasteiger partial charge in [-0.05, 0) is 47.8 Å². The molecular formula is C12H16BrNO3S. The minimum atomic E-state index is -0.990. The molecule has 0 aromatic carbocycles. The Labute approximate surface area is 119 Å². The highest BCUT2D eigenvalue weighted by molar-refractivity contribution is 9.11. The van der Waals surface area contributed by atoms with Crippen molar-refractivity contribution in [3.63, 3.8) is 0 Å². The highest BCUT2D eigenvalue weighted by Gasteiger charge is 2.24. The molecule has 0 radical (unpaired) electrons. The molecule has 4 nitrogen and oxygen atoms in total. The third-order valence-electron chi connectivity index (χ3n) is 2.76. The highest BCUT2D eigenvalue weighted by Crippen LogP contribution is 2.28. The van der Waals surface area contributed by atoms with Crippen LogP contribution in [0.5, 0.6) is 0 Å². The third kappa shape index (κ3) is 3.55. The topological polar surface area (TPSA) is 57.6 Å². The van der Waals surface area contributed by atoms with E-state index in [0.717, 1.165) is 15.8 Å². The standard InChI is InChI=1S/C12H16BrNO3S/c1-4-8(3)14(6-10(15)16)12(17)9-5-7(2)11(13)18-9/h5,8H,4,6H2,1-3H3,(H,15,16). The Kier molecular flexibility index (Phi) is 5.34. The molecule has 0 saturated carbocycles. The lowest BCUT2D eigenvalue weighted by Gasteiger charge is -2.26. The summed E-state index contributed by atoms with van der Waals surface area (Å²) in [6, 6.07) is 1.70. The van der Waals surface area contributed by atoms with E-state index in [2.05, 4.69) is 15.9 Å². The first-order valence-corrected chi connectivity index (χ1v) is 7.26. The van der Waals surface area contributed by atoms with Crippen LogP contribution < -0.4 is 0 Å². The van der Waals surface area contributed by atoms with Crippen molar-refractivity contribution >= 4 is 39.1 Å². The monoisotopic (exact) mass is 333 g/mol. The molecule has 100 valence electrons. The van der Waals surface area contributed by atoms with Crippen LogP contribution in [0.2, 0.25) is 0 Å². The maximum absolute atomic E-state index is 12.3. The van der Waals surface area contributed by atoms with E-state index < -0.39 is 5.97 Å². The smallest absolute Gasteiger partial charge is 0.323 e. The number of carbonyl (C=O) groups excluding carboxylic acids is 1. The van der Waals surface area contributed by atoms with Gasteiger partial charge < -0.3 is 10.0 Å². The SMILES string of the molecule is CCC(C)N(CC(=O)O)C(=O)c1cc(C)c(Br)s1. The van der Waals surface area contributed by atoms with E-state index in [1.807, 2.05) is 20.8 Å². The van der Waals surface area contributed by atoms with Gasteiger partial charge in [-0.2, -0.15) is 0 Å². The van der Waals surface area contributed by atoms with Gasteiger partial charge in [0.25, 0.3) is 5.91 Å². The minimum absolute atomic E-state index is 0.0882. The lowest BCUT2D eigenvalue weighted by Crippen LogP contribution is -2.41. The molecule has 1 unspecified atom stereocenters. The van der Waals surface area contributed by atoms with E-state index in [1.54, 1.807) is 6.07 Å². The number of carboxylic acids is 1. The van der Waals surface area contributed by atoms with Crippen LogP contribution >= 0.6 is 27.3 Å². The van der Waals surface area contributed by atoms with Crippen molar-refractivity contribution < 1.29 is 14.7 Å². The average Bonchev–Trinajstić information content (AvgIpc) is 2.64. The minimum Gasteiger partial charge on any atom is -0.480 e. The first kappa shape index (κ1) is 15.2. The van der Waals surface area contributed by atoms with Gasteiger partial charge in [-0.15, -0.1) is 11.3 Å². The molecule has 1 heterocycles. The fraction of sp³-hybridized carbons (Fsp3) is 0.500. The number of nitrogens with zero attached hydrogens (tertiary/aromatic N) is 1. The number of halogens is 1. The Morgan fingerprint density at radius 3 is 2.56 bits per heavy atom. The maximum atomic E-state index is 12.3. The second-order valence-corrected chi connectivity index (χ2v) is 6.52. The summed E-state index contributed by atoms with van der Waals surface area (Å²) >= 11 is 4.71. The van der Waals surface area contributed by atoms with Crippen LogP contribution in [0.4, 0.5) is 0 Å². The van der Waals surface area contributed by atoms with Gasteiger partial charge in [0.2, 0.25) is 0 Å². The summed E-state index contributed by atoms with van der Waals surface area (Å²) in [6.07, 6.45) is 0.727. The molecule has 1 atom stereocenters. The number of aryl methyl sites for hydroxylation is 1. The van der Waals surface area contributed by atoms with E-state index in [9.17, 15) is 9.59 Å². The zero-order chi connectivity index (χ0) is 13.9. The van der Waals surface area contributed by atoms with Crippen LogP contribution in [0.3, 0.4) is 0 Å². The Bertz CT molecular complexity index is 439. The van der Waals surface area contributed by atoms with Gasteiger partial charge in [0, 0.05) is 6.04 Å². The van der Waals surface area contributed by atoms with E-state index >= 15 is 0 Å². The summed E-state index contributed by atoms with van der Waals surface area (Å²) in [5.41, 5.74) is 0.989. The van der Waals surface area contributed by atoms with Crippen LogP contribution in [0.25, 0.3) is 0 Å². The molecule has 0 fully saturated rings. The number of amides is 1. The first-order chi connectivity index (χ1) is 8.36. The summed E-state index contributed by atoms with van der Waals surface area (Å²) in [4.78, 5) is 25.1. The summed E-state index contributed by atoms with van der Waals surface area (Å²) in [6.45, 7) is 5.43. The van der Waals surface area contributed by atoms with Gasteiger partial charge in [-0.3, -0.25) is 9.59 Å². The lowest BCUT2D eigenvalue weighted by molar-refractivity contribution is -0.138. The number of aliphatic carboxylic acids is 1. The summed E-state index contributed by atoms with van der Waals surface area (Å²) < 4.78 is 0.908. The predicted octanol–water partition coefficient (Wildman–Crippen LogP) is 3.14. The Morgan fingerprint density at radius 1 is 1.56 bits per heavy atom. The zero-order valence-electron chi connectivity index (χ0n) is 10.6. The fourth-order valence-corrected chi connectivity index (χ4v) is 2.99. The Morgan fingerprint density at radius 2 is 2.17 bits per heavy atom. The van der Waals surface area contributed by atoms with Gasteiger partial charge in [-0.25, -0.2) is 0 Å². The number of carbonyl (C=O) groups is 2. The molecule has 0 aliphatic heterocycles. The molecule has 0 saturated heterocycles. The molecule has 18 heavy (non-hydrogen) atoms.